The fourth-order valence-electron chi connectivity index (χ4n) is 2.69. The van der Waals surface area contributed by atoms with Crippen molar-refractivity contribution in [1.29, 1.82) is 0 Å². The summed E-state index contributed by atoms with van der Waals surface area (Å²) in [7, 11) is 0. The van der Waals surface area contributed by atoms with E-state index in [9.17, 15) is 14.0 Å². The zero-order valence-electron chi connectivity index (χ0n) is 11.8. The van der Waals surface area contributed by atoms with Crippen LogP contribution in [0.5, 0.6) is 0 Å². The molecule has 1 saturated heterocycles. The summed E-state index contributed by atoms with van der Waals surface area (Å²) >= 11 is 0. The molecule has 3 nitrogen and oxygen atoms in total. The fourth-order valence-corrected chi connectivity index (χ4v) is 2.69. The highest BCUT2D eigenvalue weighted by Crippen LogP contribution is 2.22. The van der Waals surface area contributed by atoms with Gasteiger partial charge in [-0.05, 0) is 36.6 Å². The number of amides is 1. The van der Waals surface area contributed by atoms with Gasteiger partial charge in [0, 0.05) is 31.5 Å². The minimum atomic E-state index is -0.348. The third-order valence-electron chi connectivity index (χ3n) is 3.77. The van der Waals surface area contributed by atoms with Crippen LogP contribution in [0.15, 0.2) is 24.3 Å². The molecule has 0 saturated carbocycles. The summed E-state index contributed by atoms with van der Waals surface area (Å²) in [5, 5.41) is 0. The Kier molecular flexibility index (Phi) is 4.88. The predicted molar refractivity (Wildman–Crippen MR) is 74.9 cm³/mol. The maximum absolute atomic E-state index is 12.8. The van der Waals surface area contributed by atoms with Crippen molar-refractivity contribution in [1.82, 2.24) is 4.90 Å². The zero-order chi connectivity index (χ0) is 14.5. The van der Waals surface area contributed by atoms with E-state index < -0.39 is 0 Å². The van der Waals surface area contributed by atoms with Gasteiger partial charge in [0.05, 0.1) is 0 Å². The molecule has 1 atom stereocenters. The second-order valence-corrected chi connectivity index (χ2v) is 5.38. The third-order valence-corrected chi connectivity index (χ3v) is 3.77. The number of halogens is 1. The monoisotopic (exact) mass is 277 g/mol. The molecule has 1 aromatic carbocycles. The van der Waals surface area contributed by atoms with Crippen molar-refractivity contribution < 1.29 is 14.0 Å². The van der Waals surface area contributed by atoms with Crippen molar-refractivity contribution in [2.45, 2.75) is 32.6 Å². The summed E-state index contributed by atoms with van der Waals surface area (Å²) in [4.78, 5) is 25.6. The molecule has 108 valence electrons. The Morgan fingerprint density at radius 3 is 2.70 bits per heavy atom. The Morgan fingerprint density at radius 2 is 2.05 bits per heavy atom. The number of nitrogens with zero attached hydrogens (tertiary/aromatic N) is 1. The Bertz CT molecular complexity index is 484. The summed E-state index contributed by atoms with van der Waals surface area (Å²) in [6.45, 7) is 3.35. The average molecular weight is 277 g/mol. The van der Waals surface area contributed by atoms with Crippen LogP contribution in [0.4, 0.5) is 4.39 Å². The molecule has 1 aromatic rings. The highest BCUT2D eigenvalue weighted by molar-refractivity contribution is 5.96. The number of benzene rings is 1. The number of carbonyl (C=O) groups is 2. The molecule has 1 aliphatic heterocycles. The van der Waals surface area contributed by atoms with E-state index in [2.05, 4.69) is 6.92 Å². The molecule has 2 rings (SSSR count). The first kappa shape index (κ1) is 14.7. The van der Waals surface area contributed by atoms with E-state index in [0.29, 0.717) is 30.9 Å². The Balaban J connectivity index is 1.84. The molecule has 0 bridgehead atoms. The molecule has 20 heavy (non-hydrogen) atoms. The first-order valence-corrected chi connectivity index (χ1v) is 7.16. The minimum absolute atomic E-state index is 0.0447. The number of carbonyl (C=O) groups excluding carboxylic acids is 2. The van der Waals surface area contributed by atoms with Crippen molar-refractivity contribution in [2.24, 2.45) is 5.92 Å². The Labute approximate surface area is 118 Å². The lowest BCUT2D eigenvalue weighted by molar-refractivity contribution is -0.127. The minimum Gasteiger partial charge on any atom is -0.342 e. The maximum Gasteiger partial charge on any atom is 0.222 e. The number of ketones is 1. The molecule has 1 aliphatic rings. The van der Waals surface area contributed by atoms with Crippen LogP contribution in [0, 0.1) is 11.7 Å². The van der Waals surface area contributed by atoms with E-state index >= 15 is 0 Å². The van der Waals surface area contributed by atoms with Gasteiger partial charge in [-0.25, -0.2) is 4.39 Å². The van der Waals surface area contributed by atoms with Crippen LogP contribution in [0.1, 0.15) is 43.0 Å². The van der Waals surface area contributed by atoms with Gasteiger partial charge in [0.1, 0.15) is 5.82 Å². The summed E-state index contributed by atoms with van der Waals surface area (Å²) in [6, 6.07) is 5.55. The molecular weight excluding hydrogens is 257 g/mol. The Morgan fingerprint density at radius 1 is 1.35 bits per heavy atom. The maximum atomic E-state index is 12.8. The first-order chi connectivity index (χ1) is 9.60. The first-order valence-electron chi connectivity index (χ1n) is 7.16. The predicted octanol–water partition coefficient (Wildman–Crippen LogP) is 3.05. The molecule has 1 heterocycles. The molecule has 4 heteroatoms. The van der Waals surface area contributed by atoms with Gasteiger partial charge in [0.15, 0.2) is 5.78 Å². The fraction of sp³-hybridized carbons (Fsp3) is 0.500. The van der Waals surface area contributed by atoms with E-state index in [1.807, 2.05) is 0 Å². The summed E-state index contributed by atoms with van der Waals surface area (Å²) in [5.41, 5.74) is 0.503. The summed E-state index contributed by atoms with van der Waals surface area (Å²) < 4.78 is 12.8. The van der Waals surface area contributed by atoms with Crippen molar-refractivity contribution in [3.8, 4) is 0 Å². The molecule has 0 radical (unpaired) electrons. The Hall–Kier alpha value is -1.71. The molecule has 1 unspecified atom stereocenters. The van der Waals surface area contributed by atoms with Crippen LogP contribution in [0.3, 0.4) is 0 Å². The summed E-state index contributed by atoms with van der Waals surface area (Å²) in [6.07, 6.45) is 3.06. The highest BCUT2D eigenvalue weighted by atomic mass is 19.1. The average Bonchev–Trinajstić information content (AvgIpc) is 2.77. The largest absolute Gasteiger partial charge is 0.342 e. The molecule has 0 aromatic heterocycles. The lowest BCUT2D eigenvalue weighted by Gasteiger charge is -2.16. The normalized spacial score (nSPS) is 18.6. The second kappa shape index (κ2) is 6.64. The van der Waals surface area contributed by atoms with Gasteiger partial charge in [-0.3, -0.25) is 9.59 Å². The lowest BCUT2D eigenvalue weighted by Crippen LogP contribution is -2.27. The van der Waals surface area contributed by atoms with Gasteiger partial charge in [0.25, 0.3) is 0 Å². The van der Waals surface area contributed by atoms with E-state index in [1.165, 1.54) is 24.3 Å². The van der Waals surface area contributed by atoms with Gasteiger partial charge < -0.3 is 4.90 Å². The number of likely N-dealkylation sites (tertiary alicyclic amines) is 1. The van der Waals surface area contributed by atoms with E-state index in [-0.39, 0.29) is 17.5 Å². The van der Waals surface area contributed by atoms with E-state index in [1.54, 1.807) is 4.90 Å². The van der Waals surface area contributed by atoms with Crippen LogP contribution in [-0.4, -0.2) is 29.7 Å². The van der Waals surface area contributed by atoms with Gasteiger partial charge >= 0.3 is 0 Å². The quantitative estimate of drug-likeness (QED) is 0.749. The van der Waals surface area contributed by atoms with E-state index in [0.717, 1.165) is 19.4 Å². The van der Waals surface area contributed by atoms with Gasteiger partial charge in [0.2, 0.25) is 5.91 Å². The smallest absolute Gasteiger partial charge is 0.222 e. The van der Waals surface area contributed by atoms with Crippen LogP contribution >= 0.6 is 0 Å². The molecule has 0 N–H and O–H groups in total. The van der Waals surface area contributed by atoms with Gasteiger partial charge in [-0.15, -0.1) is 0 Å². The van der Waals surface area contributed by atoms with Crippen LogP contribution in [0.25, 0.3) is 0 Å². The standard InChI is InChI=1S/C16H20FNO2/c1-2-3-12-10-16(20)18(11-12)9-8-15(19)13-4-6-14(17)7-5-13/h4-7,12H,2-3,8-11H2,1H3. The number of hydrogen-bond donors (Lipinski definition) is 0. The van der Waals surface area contributed by atoms with Crippen molar-refractivity contribution in [3.63, 3.8) is 0 Å². The van der Waals surface area contributed by atoms with Gasteiger partial charge in [-0.2, -0.15) is 0 Å². The van der Waals surface area contributed by atoms with Gasteiger partial charge in [-0.1, -0.05) is 13.3 Å². The molecule has 0 spiro atoms. The molecular formula is C16H20FNO2. The zero-order valence-corrected chi connectivity index (χ0v) is 11.8. The second-order valence-electron chi connectivity index (χ2n) is 5.38. The van der Waals surface area contributed by atoms with E-state index in [4.69, 9.17) is 0 Å². The number of hydrogen-bond acceptors (Lipinski definition) is 2. The van der Waals surface area contributed by atoms with Crippen molar-refractivity contribution in [3.05, 3.63) is 35.6 Å². The molecule has 1 fully saturated rings. The lowest BCUT2D eigenvalue weighted by atomic mass is 10.0. The molecule has 0 aliphatic carbocycles. The van der Waals surface area contributed by atoms with Crippen LogP contribution < -0.4 is 0 Å². The van der Waals surface area contributed by atoms with Crippen molar-refractivity contribution in [2.75, 3.05) is 13.1 Å². The summed E-state index contributed by atoms with van der Waals surface area (Å²) in [5.74, 6) is 0.194. The molecule has 1 amide bonds. The highest BCUT2D eigenvalue weighted by Gasteiger charge is 2.28. The van der Waals surface area contributed by atoms with Crippen LogP contribution in [0.2, 0.25) is 0 Å². The van der Waals surface area contributed by atoms with Crippen molar-refractivity contribution >= 4 is 11.7 Å². The topological polar surface area (TPSA) is 37.4 Å². The number of rotatable bonds is 6. The SMILES string of the molecule is CCCC1CC(=O)N(CCC(=O)c2ccc(F)cc2)C1. The third kappa shape index (κ3) is 3.65. The van der Waals surface area contributed by atoms with Crippen LogP contribution in [-0.2, 0) is 4.79 Å². The number of Topliss-reactive ketones (excluding diaryl/α,β-unsaturated/α-hetero) is 1.